The van der Waals surface area contributed by atoms with Crippen molar-refractivity contribution in [3.8, 4) is 0 Å². The number of aromatic amines is 1. The van der Waals surface area contributed by atoms with Gasteiger partial charge in [0, 0.05) is 37.0 Å². The maximum absolute atomic E-state index is 12.8. The van der Waals surface area contributed by atoms with Crippen LogP contribution in [-0.4, -0.2) is 41.3 Å². The van der Waals surface area contributed by atoms with Gasteiger partial charge in [-0.25, -0.2) is 0 Å². The number of benzene rings is 1. The number of fused-ring (bicyclic) bond motifs is 1. The standard InChI is InChI=1S/C24H31N3O2/c28-23(25-13-10-18-6-2-1-3-7-18)16-19-11-14-27(15-12-19)24(29)22-17-20-8-4-5-9-21(20)26-22/h4-6,8-9,17,19,26H,1-3,7,10-16H2,(H,25,28). The number of hydrogen-bond acceptors (Lipinski definition) is 2. The fraction of sp³-hybridized carbons (Fsp3) is 0.500. The number of carbonyl (C=O) groups excluding carboxylic acids is 2. The Kier molecular flexibility index (Phi) is 6.33. The SMILES string of the molecule is O=C(CC1CCN(C(=O)c2cc3ccccc3[nH]2)CC1)NCCC1=CCCCC1. The van der Waals surface area contributed by atoms with E-state index in [-0.39, 0.29) is 11.8 Å². The van der Waals surface area contributed by atoms with Gasteiger partial charge in [-0.2, -0.15) is 0 Å². The van der Waals surface area contributed by atoms with Gasteiger partial charge in [0.05, 0.1) is 0 Å². The summed E-state index contributed by atoms with van der Waals surface area (Å²) in [5, 5.41) is 4.15. The number of aromatic nitrogens is 1. The van der Waals surface area contributed by atoms with Crippen molar-refractivity contribution in [1.82, 2.24) is 15.2 Å². The van der Waals surface area contributed by atoms with E-state index < -0.39 is 0 Å². The summed E-state index contributed by atoms with van der Waals surface area (Å²) in [7, 11) is 0. The van der Waals surface area contributed by atoms with Crippen molar-refractivity contribution in [2.45, 2.75) is 51.4 Å². The van der Waals surface area contributed by atoms with E-state index in [4.69, 9.17) is 0 Å². The molecule has 1 aliphatic heterocycles. The first-order chi connectivity index (χ1) is 14.2. The highest BCUT2D eigenvalue weighted by Crippen LogP contribution is 2.23. The predicted molar refractivity (Wildman–Crippen MR) is 116 cm³/mol. The van der Waals surface area contributed by atoms with Crippen LogP contribution in [0, 0.1) is 5.92 Å². The molecule has 2 N–H and O–H groups in total. The third-order valence-electron chi connectivity index (χ3n) is 6.29. The monoisotopic (exact) mass is 393 g/mol. The number of hydrogen-bond donors (Lipinski definition) is 2. The van der Waals surface area contributed by atoms with Crippen LogP contribution in [0.4, 0.5) is 0 Å². The topological polar surface area (TPSA) is 65.2 Å². The van der Waals surface area contributed by atoms with Crippen molar-refractivity contribution in [2.24, 2.45) is 5.92 Å². The van der Waals surface area contributed by atoms with Gasteiger partial charge in [-0.1, -0.05) is 29.8 Å². The molecule has 2 aliphatic rings. The minimum Gasteiger partial charge on any atom is -0.356 e. The number of para-hydroxylation sites is 1. The summed E-state index contributed by atoms with van der Waals surface area (Å²) in [6.45, 7) is 2.19. The molecule has 5 nitrogen and oxygen atoms in total. The van der Waals surface area contributed by atoms with Crippen LogP contribution in [0.3, 0.4) is 0 Å². The summed E-state index contributed by atoms with van der Waals surface area (Å²) in [5.41, 5.74) is 3.14. The molecule has 154 valence electrons. The largest absolute Gasteiger partial charge is 0.356 e. The summed E-state index contributed by atoms with van der Waals surface area (Å²) in [4.78, 5) is 30.2. The smallest absolute Gasteiger partial charge is 0.270 e. The maximum atomic E-state index is 12.8. The molecule has 2 amide bonds. The number of nitrogens with one attached hydrogen (secondary N) is 2. The van der Waals surface area contributed by atoms with Crippen LogP contribution in [-0.2, 0) is 4.79 Å². The number of carbonyl (C=O) groups is 2. The third-order valence-corrected chi connectivity index (χ3v) is 6.29. The number of likely N-dealkylation sites (tertiary alicyclic amines) is 1. The lowest BCUT2D eigenvalue weighted by molar-refractivity contribution is -0.122. The van der Waals surface area contributed by atoms with E-state index in [1.54, 1.807) is 0 Å². The van der Waals surface area contributed by atoms with Crippen molar-refractivity contribution in [2.75, 3.05) is 19.6 Å². The number of H-pyrrole nitrogens is 1. The fourth-order valence-electron chi connectivity index (χ4n) is 4.53. The van der Waals surface area contributed by atoms with E-state index in [0.29, 0.717) is 18.0 Å². The minimum atomic E-state index is 0.0601. The van der Waals surface area contributed by atoms with E-state index in [2.05, 4.69) is 16.4 Å². The normalized spacial score (nSPS) is 17.9. The van der Waals surface area contributed by atoms with Crippen LogP contribution in [0.1, 0.15) is 61.9 Å². The van der Waals surface area contributed by atoms with E-state index in [1.807, 2.05) is 35.2 Å². The number of nitrogens with zero attached hydrogens (tertiary/aromatic N) is 1. The highest BCUT2D eigenvalue weighted by molar-refractivity contribution is 5.98. The lowest BCUT2D eigenvalue weighted by Crippen LogP contribution is -2.39. The molecule has 29 heavy (non-hydrogen) atoms. The second kappa shape index (κ2) is 9.29. The van der Waals surface area contributed by atoms with Crippen molar-refractivity contribution >= 4 is 22.7 Å². The van der Waals surface area contributed by atoms with Gasteiger partial charge >= 0.3 is 0 Å². The van der Waals surface area contributed by atoms with Crippen molar-refractivity contribution < 1.29 is 9.59 Å². The van der Waals surface area contributed by atoms with Crippen LogP contribution in [0.2, 0.25) is 0 Å². The second-order valence-electron chi connectivity index (χ2n) is 8.42. The average molecular weight is 394 g/mol. The number of rotatable bonds is 6. The zero-order chi connectivity index (χ0) is 20.1. The Bertz CT molecular complexity index is 857. The summed E-state index contributed by atoms with van der Waals surface area (Å²) in [6.07, 6.45) is 10.7. The Balaban J connectivity index is 1.20. The number of amides is 2. The zero-order valence-electron chi connectivity index (χ0n) is 17.1. The molecule has 0 saturated carbocycles. The van der Waals surface area contributed by atoms with Crippen LogP contribution in [0.15, 0.2) is 42.0 Å². The lowest BCUT2D eigenvalue weighted by atomic mass is 9.93. The summed E-state index contributed by atoms with van der Waals surface area (Å²) in [5.74, 6) is 0.585. The van der Waals surface area contributed by atoms with Crippen molar-refractivity contribution in [3.63, 3.8) is 0 Å². The maximum Gasteiger partial charge on any atom is 0.270 e. The van der Waals surface area contributed by atoms with E-state index in [0.717, 1.165) is 49.8 Å². The van der Waals surface area contributed by atoms with E-state index in [1.165, 1.54) is 31.3 Å². The third kappa shape index (κ3) is 5.08. The molecular weight excluding hydrogens is 362 g/mol. The molecule has 2 aromatic rings. The second-order valence-corrected chi connectivity index (χ2v) is 8.42. The molecule has 1 saturated heterocycles. The van der Waals surface area contributed by atoms with Gasteiger partial charge in [0.25, 0.3) is 5.91 Å². The summed E-state index contributed by atoms with van der Waals surface area (Å²) >= 11 is 0. The molecule has 0 radical (unpaired) electrons. The van der Waals surface area contributed by atoms with Gasteiger partial charge < -0.3 is 15.2 Å². The molecule has 5 heteroatoms. The van der Waals surface area contributed by atoms with Crippen LogP contribution in [0.5, 0.6) is 0 Å². The van der Waals surface area contributed by atoms with E-state index in [9.17, 15) is 9.59 Å². The number of allylic oxidation sites excluding steroid dienone is 1. The van der Waals surface area contributed by atoms with Gasteiger partial charge in [-0.3, -0.25) is 9.59 Å². The van der Waals surface area contributed by atoms with Crippen LogP contribution in [0.25, 0.3) is 10.9 Å². The average Bonchev–Trinajstić information content (AvgIpc) is 3.19. The predicted octanol–water partition coefficient (Wildman–Crippen LogP) is 4.42. The molecule has 1 aromatic heterocycles. The molecule has 0 unspecified atom stereocenters. The Morgan fingerprint density at radius 3 is 2.72 bits per heavy atom. The Morgan fingerprint density at radius 2 is 1.97 bits per heavy atom. The quantitative estimate of drug-likeness (QED) is 0.714. The van der Waals surface area contributed by atoms with Gasteiger partial charge in [0.2, 0.25) is 5.91 Å². The zero-order valence-corrected chi connectivity index (χ0v) is 17.1. The number of piperidine rings is 1. The summed E-state index contributed by atoms with van der Waals surface area (Å²) < 4.78 is 0. The lowest BCUT2D eigenvalue weighted by Gasteiger charge is -2.31. The van der Waals surface area contributed by atoms with Gasteiger partial charge in [-0.15, -0.1) is 0 Å². The molecular formula is C24H31N3O2. The molecule has 4 rings (SSSR count). The Hall–Kier alpha value is -2.56. The highest BCUT2D eigenvalue weighted by Gasteiger charge is 2.25. The first kappa shape index (κ1) is 19.7. The van der Waals surface area contributed by atoms with Crippen LogP contribution >= 0.6 is 0 Å². The van der Waals surface area contributed by atoms with Crippen LogP contribution < -0.4 is 5.32 Å². The van der Waals surface area contributed by atoms with Gasteiger partial charge in [-0.05, 0) is 63.0 Å². The van der Waals surface area contributed by atoms with E-state index >= 15 is 0 Å². The van der Waals surface area contributed by atoms with Gasteiger partial charge in [0.15, 0.2) is 0 Å². The molecule has 1 fully saturated rings. The van der Waals surface area contributed by atoms with Gasteiger partial charge in [0.1, 0.15) is 5.69 Å². The Morgan fingerprint density at radius 1 is 1.14 bits per heavy atom. The first-order valence-corrected chi connectivity index (χ1v) is 11.0. The minimum absolute atomic E-state index is 0.0601. The molecule has 0 spiro atoms. The fourth-order valence-corrected chi connectivity index (χ4v) is 4.53. The molecule has 1 aliphatic carbocycles. The molecule has 2 heterocycles. The van der Waals surface area contributed by atoms with Crippen molar-refractivity contribution in [3.05, 3.63) is 47.7 Å². The van der Waals surface area contributed by atoms with Crippen molar-refractivity contribution in [1.29, 1.82) is 0 Å². The summed E-state index contributed by atoms with van der Waals surface area (Å²) in [6, 6.07) is 9.88. The highest BCUT2D eigenvalue weighted by atomic mass is 16.2. The first-order valence-electron chi connectivity index (χ1n) is 11.0. The Labute approximate surface area is 172 Å². The molecule has 1 aromatic carbocycles. The molecule has 0 bridgehead atoms. The molecule has 0 atom stereocenters.